The Morgan fingerprint density at radius 2 is 1.37 bits per heavy atom. The van der Waals surface area contributed by atoms with E-state index < -0.39 is 5.97 Å². The van der Waals surface area contributed by atoms with Gasteiger partial charge < -0.3 is 9.84 Å². The quantitative estimate of drug-likeness (QED) is 0.136. The maximum atomic E-state index is 12.0. The predicted octanol–water partition coefficient (Wildman–Crippen LogP) is 7.32. The molecule has 1 N–H and O–H groups in total. The third kappa shape index (κ3) is 20.6. The molecule has 0 aliphatic carbocycles. The lowest BCUT2D eigenvalue weighted by Crippen LogP contribution is -2.18. The Bertz CT molecular complexity index is 543. The first-order valence-electron chi connectivity index (χ1n) is 11.6. The van der Waals surface area contributed by atoms with Crippen molar-refractivity contribution in [3.8, 4) is 0 Å². The standard InChI is InChI=1S/C26H42O4/c1-3-5-6-7-8-9-10-11-12-13-14-15-19-23-26(29)30-24(20-4-2)21-17-16-18-22-25(27)28/h5-6,8-9,11-12,14-15,24H,3-4,7,10,13,16-23H2,1-2H3,(H,27,28)/b6-5-,9-8-,12-11-,15-14-. The molecule has 0 aliphatic heterocycles. The molecule has 0 amide bonds. The zero-order valence-electron chi connectivity index (χ0n) is 19.1. The Kier molecular flexibility index (Phi) is 20.1. The molecule has 4 nitrogen and oxygen atoms in total. The van der Waals surface area contributed by atoms with Crippen LogP contribution in [0.2, 0.25) is 0 Å². The van der Waals surface area contributed by atoms with Crippen molar-refractivity contribution in [2.24, 2.45) is 0 Å². The van der Waals surface area contributed by atoms with Gasteiger partial charge in [0.15, 0.2) is 0 Å². The molecular formula is C26H42O4. The second-order valence-electron chi connectivity index (χ2n) is 7.43. The van der Waals surface area contributed by atoms with Gasteiger partial charge in [-0.2, -0.15) is 0 Å². The third-order valence-corrected chi connectivity index (χ3v) is 4.56. The first-order valence-corrected chi connectivity index (χ1v) is 11.6. The number of carbonyl (C=O) groups is 2. The van der Waals surface area contributed by atoms with Crippen molar-refractivity contribution in [3.63, 3.8) is 0 Å². The molecule has 30 heavy (non-hydrogen) atoms. The molecule has 0 fully saturated rings. The van der Waals surface area contributed by atoms with Crippen molar-refractivity contribution < 1.29 is 19.4 Å². The monoisotopic (exact) mass is 418 g/mol. The minimum atomic E-state index is -0.748. The number of unbranched alkanes of at least 4 members (excludes halogenated alkanes) is 2. The van der Waals surface area contributed by atoms with Crippen LogP contribution in [0.4, 0.5) is 0 Å². The van der Waals surface area contributed by atoms with Gasteiger partial charge in [0, 0.05) is 12.8 Å². The van der Waals surface area contributed by atoms with E-state index in [-0.39, 0.29) is 18.5 Å². The summed E-state index contributed by atoms with van der Waals surface area (Å²) in [5, 5.41) is 8.66. The van der Waals surface area contributed by atoms with Crippen LogP contribution in [0.15, 0.2) is 48.6 Å². The Morgan fingerprint density at radius 3 is 1.93 bits per heavy atom. The zero-order valence-corrected chi connectivity index (χ0v) is 19.1. The second-order valence-corrected chi connectivity index (χ2v) is 7.43. The Labute approximate surface area is 183 Å². The molecule has 0 saturated carbocycles. The van der Waals surface area contributed by atoms with Crippen molar-refractivity contribution >= 4 is 11.9 Å². The lowest BCUT2D eigenvalue weighted by molar-refractivity contribution is -0.149. The van der Waals surface area contributed by atoms with Crippen molar-refractivity contribution in [2.75, 3.05) is 0 Å². The molecule has 0 rings (SSSR count). The number of rotatable bonds is 19. The normalized spacial score (nSPS) is 13.1. The van der Waals surface area contributed by atoms with Gasteiger partial charge in [-0.3, -0.25) is 9.59 Å². The first kappa shape index (κ1) is 27.9. The molecule has 4 heteroatoms. The maximum absolute atomic E-state index is 12.0. The van der Waals surface area contributed by atoms with Gasteiger partial charge in [-0.15, -0.1) is 0 Å². The van der Waals surface area contributed by atoms with Gasteiger partial charge in [0.25, 0.3) is 0 Å². The predicted molar refractivity (Wildman–Crippen MR) is 125 cm³/mol. The molecule has 1 atom stereocenters. The summed E-state index contributed by atoms with van der Waals surface area (Å²) in [5.74, 6) is -0.885. The molecule has 0 aromatic carbocycles. The topological polar surface area (TPSA) is 63.6 Å². The van der Waals surface area contributed by atoms with Crippen LogP contribution in [0.3, 0.4) is 0 Å². The first-order chi connectivity index (χ1) is 14.6. The number of carbonyl (C=O) groups excluding carboxylic acids is 1. The highest BCUT2D eigenvalue weighted by molar-refractivity contribution is 5.69. The van der Waals surface area contributed by atoms with Gasteiger partial charge in [-0.25, -0.2) is 0 Å². The lowest BCUT2D eigenvalue weighted by atomic mass is 10.1. The van der Waals surface area contributed by atoms with Crippen LogP contribution in [-0.2, 0) is 14.3 Å². The molecule has 0 aliphatic rings. The van der Waals surface area contributed by atoms with Gasteiger partial charge in [-0.05, 0) is 57.8 Å². The highest BCUT2D eigenvalue weighted by atomic mass is 16.5. The van der Waals surface area contributed by atoms with Crippen LogP contribution >= 0.6 is 0 Å². The van der Waals surface area contributed by atoms with E-state index in [0.717, 1.165) is 57.8 Å². The summed E-state index contributed by atoms with van der Waals surface area (Å²) >= 11 is 0. The number of allylic oxidation sites excluding steroid dienone is 8. The molecule has 0 aromatic rings. The molecular weight excluding hydrogens is 376 g/mol. The van der Waals surface area contributed by atoms with Gasteiger partial charge in [0.2, 0.25) is 0 Å². The van der Waals surface area contributed by atoms with Crippen LogP contribution in [0.5, 0.6) is 0 Å². The van der Waals surface area contributed by atoms with E-state index in [4.69, 9.17) is 9.84 Å². The summed E-state index contributed by atoms with van der Waals surface area (Å²) < 4.78 is 5.61. The minimum absolute atomic E-state index is 0.0373. The van der Waals surface area contributed by atoms with E-state index in [9.17, 15) is 9.59 Å². The molecule has 0 saturated heterocycles. The average Bonchev–Trinajstić information content (AvgIpc) is 2.71. The second kappa shape index (κ2) is 21.6. The van der Waals surface area contributed by atoms with Crippen LogP contribution < -0.4 is 0 Å². The van der Waals surface area contributed by atoms with Crippen molar-refractivity contribution in [1.29, 1.82) is 0 Å². The summed E-state index contributed by atoms with van der Waals surface area (Å²) in [5.41, 5.74) is 0. The molecule has 0 spiro atoms. The molecule has 170 valence electrons. The molecule has 0 aromatic heterocycles. The van der Waals surface area contributed by atoms with Gasteiger partial charge in [-0.1, -0.05) is 75.3 Å². The fraction of sp³-hybridized carbons (Fsp3) is 0.615. The van der Waals surface area contributed by atoms with Gasteiger partial charge >= 0.3 is 11.9 Å². The van der Waals surface area contributed by atoms with E-state index >= 15 is 0 Å². The summed E-state index contributed by atoms with van der Waals surface area (Å²) in [6.07, 6.45) is 27.5. The number of hydrogen-bond donors (Lipinski definition) is 1. The number of ether oxygens (including phenoxy) is 1. The zero-order chi connectivity index (χ0) is 22.3. The molecule has 1 unspecified atom stereocenters. The summed E-state index contributed by atoms with van der Waals surface area (Å²) in [6.45, 7) is 4.22. The fourth-order valence-corrected chi connectivity index (χ4v) is 2.95. The van der Waals surface area contributed by atoms with Crippen molar-refractivity contribution in [2.45, 2.75) is 103 Å². The van der Waals surface area contributed by atoms with Gasteiger partial charge in [0.1, 0.15) is 6.10 Å². The van der Waals surface area contributed by atoms with Gasteiger partial charge in [0.05, 0.1) is 0 Å². The highest BCUT2D eigenvalue weighted by Gasteiger charge is 2.13. The molecule has 0 bridgehead atoms. The SMILES string of the molecule is CC/C=C\C/C=C\C/C=C\C/C=C\CCC(=O)OC(CCC)CCCCCC(=O)O. The highest BCUT2D eigenvalue weighted by Crippen LogP contribution is 2.14. The number of carboxylic acid groups (broad SMARTS) is 1. The van der Waals surface area contributed by atoms with Crippen LogP contribution in [-0.4, -0.2) is 23.1 Å². The molecule has 0 heterocycles. The lowest BCUT2D eigenvalue weighted by Gasteiger charge is -2.17. The number of carboxylic acids is 1. The summed E-state index contributed by atoms with van der Waals surface area (Å²) in [7, 11) is 0. The number of aliphatic carboxylic acids is 1. The van der Waals surface area contributed by atoms with Crippen LogP contribution in [0.25, 0.3) is 0 Å². The smallest absolute Gasteiger partial charge is 0.306 e. The van der Waals surface area contributed by atoms with E-state index in [0.29, 0.717) is 19.3 Å². The molecule has 0 radical (unpaired) electrons. The Balaban J connectivity index is 3.86. The Hall–Kier alpha value is -2.10. The largest absolute Gasteiger partial charge is 0.481 e. The van der Waals surface area contributed by atoms with Crippen molar-refractivity contribution in [1.82, 2.24) is 0 Å². The average molecular weight is 419 g/mol. The van der Waals surface area contributed by atoms with E-state index in [2.05, 4.69) is 56.4 Å². The van der Waals surface area contributed by atoms with Crippen LogP contribution in [0, 0.1) is 0 Å². The van der Waals surface area contributed by atoms with E-state index in [1.165, 1.54) is 0 Å². The third-order valence-electron chi connectivity index (χ3n) is 4.56. The maximum Gasteiger partial charge on any atom is 0.306 e. The van der Waals surface area contributed by atoms with E-state index in [1.54, 1.807) is 0 Å². The fourth-order valence-electron chi connectivity index (χ4n) is 2.95. The Morgan fingerprint density at radius 1 is 0.767 bits per heavy atom. The van der Waals surface area contributed by atoms with Crippen molar-refractivity contribution in [3.05, 3.63) is 48.6 Å². The summed E-state index contributed by atoms with van der Waals surface area (Å²) in [4.78, 5) is 22.6. The van der Waals surface area contributed by atoms with Crippen LogP contribution in [0.1, 0.15) is 97.3 Å². The number of hydrogen-bond acceptors (Lipinski definition) is 3. The van der Waals surface area contributed by atoms with E-state index in [1.807, 2.05) is 6.08 Å². The number of esters is 1. The summed E-state index contributed by atoms with van der Waals surface area (Å²) in [6, 6.07) is 0. The minimum Gasteiger partial charge on any atom is -0.481 e.